The third-order valence-corrected chi connectivity index (χ3v) is 4.72. The SMILES string of the molecule is CN(c1c(S)ccnc1Cc1ccccc1)S(=O)(=O)CF. The number of hydrogen-bond donors (Lipinski definition) is 1. The average Bonchev–Trinajstić information content (AvgIpc) is 2.48. The lowest BCUT2D eigenvalue weighted by molar-refractivity contribution is 0.533. The van der Waals surface area contributed by atoms with Crippen molar-refractivity contribution >= 4 is 28.3 Å². The van der Waals surface area contributed by atoms with Crippen LogP contribution in [0.5, 0.6) is 0 Å². The first kappa shape index (κ1) is 15.8. The molecule has 0 aliphatic rings. The molecule has 21 heavy (non-hydrogen) atoms. The number of thiol groups is 1. The van der Waals surface area contributed by atoms with Crippen molar-refractivity contribution < 1.29 is 12.8 Å². The molecule has 1 aromatic heterocycles. The van der Waals surface area contributed by atoms with Gasteiger partial charge < -0.3 is 0 Å². The van der Waals surface area contributed by atoms with Crippen LogP contribution in [0.2, 0.25) is 0 Å². The van der Waals surface area contributed by atoms with Crippen LogP contribution < -0.4 is 4.31 Å². The maximum absolute atomic E-state index is 12.7. The Morgan fingerprint density at radius 2 is 1.90 bits per heavy atom. The van der Waals surface area contributed by atoms with Crippen LogP contribution in [-0.2, 0) is 16.4 Å². The second kappa shape index (κ2) is 6.44. The van der Waals surface area contributed by atoms with Crippen LogP contribution >= 0.6 is 12.6 Å². The molecule has 0 atom stereocenters. The lowest BCUT2D eigenvalue weighted by Crippen LogP contribution is -2.29. The van der Waals surface area contributed by atoms with Gasteiger partial charge in [-0.1, -0.05) is 30.3 Å². The molecule has 0 saturated heterocycles. The van der Waals surface area contributed by atoms with E-state index in [1.54, 1.807) is 12.3 Å². The van der Waals surface area contributed by atoms with Gasteiger partial charge in [-0.05, 0) is 11.6 Å². The molecule has 0 saturated carbocycles. The van der Waals surface area contributed by atoms with E-state index in [0.717, 1.165) is 9.87 Å². The van der Waals surface area contributed by atoms with E-state index >= 15 is 0 Å². The molecule has 0 aliphatic heterocycles. The average molecular weight is 326 g/mol. The van der Waals surface area contributed by atoms with Gasteiger partial charge in [0.05, 0.1) is 11.4 Å². The summed E-state index contributed by atoms with van der Waals surface area (Å²) >= 11 is 4.28. The summed E-state index contributed by atoms with van der Waals surface area (Å²) in [6.45, 7) is 0. The Kier molecular flexibility index (Phi) is 4.84. The quantitative estimate of drug-likeness (QED) is 0.860. The van der Waals surface area contributed by atoms with Crippen LogP contribution in [-0.4, -0.2) is 26.5 Å². The predicted molar refractivity (Wildman–Crippen MR) is 84.0 cm³/mol. The van der Waals surface area contributed by atoms with Crippen molar-refractivity contribution in [3.05, 3.63) is 53.9 Å². The van der Waals surface area contributed by atoms with Gasteiger partial charge in [0.1, 0.15) is 0 Å². The summed E-state index contributed by atoms with van der Waals surface area (Å²) in [5.41, 5.74) is 1.83. The fourth-order valence-electron chi connectivity index (χ4n) is 1.96. The van der Waals surface area contributed by atoms with E-state index in [0.29, 0.717) is 22.7 Å². The third-order valence-electron chi connectivity index (χ3n) is 3.06. The van der Waals surface area contributed by atoms with Gasteiger partial charge in [-0.2, -0.15) is 0 Å². The summed E-state index contributed by atoms with van der Waals surface area (Å²) in [5.74, 6) is 0. The lowest BCUT2D eigenvalue weighted by atomic mass is 10.1. The van der Waals surface area contributed by atoms with E-state index in [4.69, 9.17) is 0 Å². The van der Waals surface area contributed by atoms with Crippen molar-refractivity contribution in [3.63, 3.8) is 0 Å². The maximum Gasteiger partial charge on any atom is 0.264 e. The Morgan fingerprint density at radius 1 is 1.24 bits per heavy atom. The molecular weight excluding hydrogens is 311 g/mol. The number of sulfonamides is 1. The molecule has 1 heterocycles. The van der Waals surface area contributed by atoms with E-state index in [9.17, 15) is 12.8 Å². The molecule has 0 aliphatic carbocycles. The highest BCUT2D eigenvalue weighted by Crippen LogP contribution is 2.29. The Bertz CT molecular complexity index is 721. The number of rotatable bonds is 5. The van der Waals surface area contributed by atoms with Crippen molar-refractivity contribution in [2.24, 2.45) is 0 Å². The zero-order valence-corrected chi connectivity index (χ0v) is 13.1. The number of nitrogens with zero attached hydrogens (tertiary/aromatic N) is 2. The summed E-state index contributed by atoms with van der Waals surface area (Å²) in [5, 5.41) is 0. The first-order valence-corrected chi connectivity index (χ1v) is 8.24. The zero-order valence-electron chi connectivity index (χ0n) is 11.4. The van der Waals surface area contributed by atoms with Crippen LogP contribution in [0.25, 0.3) is 0 Å². The molecule has 1 aromatic carbocycles. The van der Waals surface area contributed by atoms with Gasteiger partial charge in [-0.25, -0.2) is 12.8 Å². The fourth-order valence-corrected chi connectivity index (χ4v) is 3.00. The molecule has 2 aromatic rings. The highest BCUT2D eigenvalue weighted by Gasteiger charge is 2.23. The first-order chi connectivity index (χ1) is 9.95. The number of alkyl halides is 1. The fraction of sp³-hybridized carbons (Fsp3) is 0.214. The molecule has 0 fully saturated rings. The summed E-state index contributed by atoms with van der Waals surface area (Å²) < 4.78 is 37.1. The highest BCUT2D eigenvalue weighted by atomic mass is 32.2. The van der Waals surface area contributed by atoms with E-state index in [2.05, 4.69) is 17.6 Å². The number of anilines is 1. The number of hydrogen-bond acceptors (Lipinski definition) is 4. The van der Waals surface area contributed by atoms with Crippen LogP contribution in [0.1, 0.15) is 11.3 Å². The minimum absolute atomic E-state index is 0.308. The van der Waals surface area contributed by atoms with Gasteiger partial charge in [-0.3, -0.25) is 9.29 Å². The highest BCUT2D eigenvalue weighted by molar-refractivity contribution is 7.92. The summed E-state index contributed by atoms with van der Waals surface area (Å²) in [4.78, 5) is 4.67. The summed E-state index contributed by atoms with van der Waals surface area (Å²) in [6, 6.07) is 9.63. The van der Waals surface area contributed by atoms with E-state index in [1.165, 1.54) is 7.05 Å². The van der Waals surface area contributed by atoms with E-state index in [1.807, 2.05) is 30.3 Å². The number of benzene rings is 1. The minimum Gasteiger partial charge on any atom is -0.268 e. The van der Waals surface area contributed by atoms with Crippen molar-refractivity contribution in [3.8, 4) is 0 Å². The molecule has 7 heteroatoms. The number of halogens is 1. The van der Waals surface area contributed by atoms with Crippen molar-refractivity contribution in [2.75, 3.05) is 17.4 Å². The van der Waals surface area contributed by atoms with Crippen LogP contribution in [0.15, 0.2) is 47.5 Å². The molecule has 0 N–H and O–H groups in total. The Labute approximate surface area is 129 Å². The van der Waals surface area contributed by atoms with Gasteiger partial charge >= 0.3 is 0 Å². The molecule has 0 spiro atoms. The Morgan fingerprint density at radius 3 is 2.52 bits per heavy atom. The Hall–Kier alpha value is -1.60. The Balaban J connectivity index is 2.46. The van der Waals surface area contributed by atoms with Crippen LogP contribution in [0.4, 0.5) is 10.1 Å². The molecule has 2 rings (SSSR count). The second-order valence-corrected chi connectivity index (χ2v) is 6.89. The van der Waals surface area contributed by atoms with E-state index < -0.39 is 16.0 Å². The smallest absolute Gasteiger partial charge is 0.264 e. The normalized spacial score (nSPS) is 11.4. The predicted octanol–water partition coefficient (Wildman–Crippen LogP) is 2.65. The lowest BCUT2D eigenvalue weighted by Gasteiger charge is -2.21. The van der Waals surface area contributed by atoms with Crippen molar-refractivity contribution in [2.45, 2.75) is 11.3 Å². The molecular formula is C14H15FN2O2S2. The topological polar surface area (TPSA) is 50.3 Å². The largest absolute Gasteiger partial charge is 0.268 e. The summed E-state index contributed by atoms with van der Waals surface area (Å²) in [7, 11) is -2.71. The molecule has 0 amide bonds. The zero-order chi connectivity index (χ0) is 15.5. The third kappa shape index (κ3) is 3.54. The van der Waals surface area contributed by atoms with Gasteiger partial charge in [0.15, 0.2) is 0 Å². The molecule has 0 radical (unpaired) electrons. The van der Waals surface area contributed by atoms with Gasteiger partial charge in [-0.15, -0.1) is 12.6 Å². The number of aromatic nitrogens is 1. The summed E-state index contributed by atoms with van der Waals surface area (Å²) in [6.07, 6.45) is 2.00. The standard InChI is InChI=1S/C14H15FN2O2S2/c1-17(21(18,19)10-15)14-12(16-8-7-13(14)20)9-11-5-3-2-4-6-11/h2-8H,9-10H2,1H3,(H,16,20). The van der Waals surface area contributed by atoms with Gasteiger partial charge in [0.2, 0.25) is 6.01 Å². The molecule has 0 bridgehead atoms. The van der Waals surface area contributed by atoms with Crippen LogP contribution in [0, 0.1) is 0 Å². The number of pyridine rings is 1. The van der Waals surface area contributed by atoms with E-state index in [-0.39, 0.29) is 0 Å². The molecule has 4 nitrogen and oxygen atoms in total. The minimum atomic E-state index is -4.01. The second-order valence-electron chi connectivity index (χ2n) is 4.48. The monoisotopic (exact) mass is 326 g/mol. The first-order valence-electron chi connectivity index (χ1n) is 6.19. The van der Waals surface area contributed by atoms with Gasteiger partial charge in [0, 0.05) is 24.6 Å². The van der Waals surface area contributed by atoms with Gasteiger partial charge in [0.25, 0.3) is 10.0 Å². The maximum atomic E-state index is 12.7. The van der Waals surface area contributed by atoms with Crippen LogP contribution in [0.3, 0.4) is 0 Å². The van der Waals surface area contributed by atoms with Crippen molar-refractivity contribution in [1.29, 1.82) is 0 Å². The molecule has 0 unspecified atom stereocenters. The van der Waals surface area contributed by atoms with Crippen molar-refractivity contribution in [1.82, 2.24) is 4.98 Å². The molecule has 112 valence electrons.